The van der Waals surface area contributed by atoms with Crippen LogP contribution >= 0.6 is 11.8 Å². The fourth-order valence-corrected chi connectivity index (χ4v) is 5.10. The first-order valence-electron chi connectivity index (χ1n) is 10.2. The highest BCUT2D eigenvalue weighted by Crippen LogP contribution is 2.25. The summed E-state index contributed by atoms with van der Waals surface area (Å²) in [6.45, 7) is 2.45. The molecule has 9 heteroatoms. The second-order valence-corrected chi connectivity index (χ2v) is 9.70. The molecule has 7 nitrogen and oxygen atoms in total. The maximum Gasteiger partial charge on any atom is 0.264 e. The number of furan rings is 1. The van der Waals surface area contributed by atoms with Gasteiger partial charge in [0, 0.05) is 12.3 Å². The van der Waals surface area contributed by atoms with Crippen LogP contribution in [-0.4, -0.2) is 39.8 Å². The van der Waals surface area contributed by atoms with Crippen LogP contribution in [0.2, 0.25) is 0 Å². The molecule has 1 heterocycles. The van der Waals surface area contributed by atoms with Crippen molar-refractivity contribution in [3.8, 4) is 5.75 Å². The van der Waals surface area contributed by atoms with Crippen molar-refractivity contribution < 1.29 is 22.4 Å². The third-order valence-electron chi connectivity index (χ3n) is 4.45. The molecule has 1 amide bonds. The van der Waals surface area contributed by atoms with Gasteiger partial charge in [0.1, 0.15) is 18.1 Å². The van der Waals surface area contributed by atoms with E-state index in [1.165, 1.54) is 12.1 Å². The van der Waals surface area contributed by atoms with Crippen molar-refractivity contribution in [2.24, 2.45) is 0 Å². The summed E-state index contributed by atoms with van der Waals surface area (Å²) < 4.78 is 38.5. The molecule has 32 heavy (non-hydrogen) atoms. The molecule has 0 aliphatic rings. The Balaban J connectivity index is 1.65. The standard InChI is InChI=1S/C23H26N2O5S2/c1-2-29-20-10-12-22(13-11-20)32(27,28)25(19-7-4-3-5-8-19)17-23(26)24-14-16-31-18-21-9-6-15-30-21/h3-13,15H,2,14,16-18H2,1H3,(H,24,26). The predicted octanol–water partition coefficient (Wildman–Crippen LogP) is 3.92. The maximum atomic E-state index is 13.3. The van der Waals surface area contributed by atoms with Gasteiger partial charge in [-0.15, -0.1) is 0 Å². The smallest absolute Gasteiger partial charge is 0.264 e. The first-order chi connectivity index (χ1) is 15.5. The number of nitrogens with one attached hydrogen (secondary N) is 1. The third kappa shape index (κ3) is 6.54. The molecule has 0 atom stereocenters. The van der Waals surface area contributed by atoms with Crippen LogP contribution in [0.3, 0.4) is 0 Å². The molecule has 3 aromatic rings. The van der Waals surface area contributed by atoms with Crippen LogP contribution in [-0.2, 0) is 20.6 Å². The van der Waals surface area contributed by atoms with Crippen molar-refractivity contribution in [3.63, 3.8) is 0 Å². The molecule has 0 aliphatic carbocycles. The first-order valence-corrected chi connectivity index (χ1v) is 12.8. The zero-order chi connectivity index (χ0) is 22.8. The van der Waals surface area contributed by atoms with Gasteiger partial charge in [-0.25, -0.2) is 8.42 Å². The molecule has 1 N–H and O–H groups in total. The number of amides is 1. The number of hydrogen-bond acceptors (Lipinski definition) is 6. The first kappa shape index (κ1) is 23.7. The molecule has 0 spiro atoms. The van der Waals surface area contributed by atoms with Gasteiger partial charge in [-0.2, -0.15) is 11.8 Å². The summed E-state index contributed by atoms with van der Waals surface area (Å²) in [5, 5.41) is 2.80. The van der Waals surface area contributed by atoms with Crippen LogP contribution in [0.4, 0.5) is 5.69 Å². The van der Waals surface area contributed by atoms with Crippen molar-refractivity contribution in [3.05, 3.63) is 78.8 Å². The summed E-state index contributed by atoms with van der Waals surface area (Å²) >= 11 is 1.62. The Labute approximate surface area is 192 Å². The largest absolute Gasteiger partial charge is 0.494 e. The average Bonchev–Trinajstić information content (AvgIpc) is 3.32. The molecule has 0 aliphatic heterocycles. The number of rotatable bonds is 12. The number of hydrogen-bond donors (Lipinski definition) is 1. The molecule has 0 saturated carbocycles. The summed E-state index contributed by atoms with van der Waals surface area (Å²) in [6.07, 6.45) is 1.63. The lowest BCUT2D eigenvalue weighted by Gasteiger charge is -2.24. The van der Waals surface area contributed by atoms with Gasteiger partial charge < -0.3 is 14.5 Å². The van der Waals surface area contributed by atoms with Gasteiger partial charge in [0.25, 0.3) is 10.0 Å². The van der Waals surface area contributed by atoms with E-state index in [4.69, 9.17) is 9.15 Å². The normalized spacial score (nSPS) is 11.2. The van der Waals surface area contributed by atoms with Crippen LogP contribution < -0.4 is 14.4 Å². The zero-order valence-electron chi connectivity index (χ0n) is 17.8. The third-order valence-corrected chi connectivity index (χ3v) is 7.22. The highest BCUT2D eigenvalue weighted by atomic mass is 32.2. The van der Waals surface area contributed by atoms with E-state index < -0.39 is 10.0 Å². The minimum atomic E-state index is -3.95. The van der Waals surface area contributed by atoms with Crippen molar-refractivity contribution >= 4 is 33.4 Å². The Morgan fingerprint density at radius 1 is 1.06 bits per heavy atom. The van der Waals surface area contributed by atoms with Gasteiger partial charge in [-0.1, -0.05) is 18.2 Å². The van der Waals surface area contributed by atoms with E-state index >= 15 is 0 Å². The van der Waals surface area contributed by atoms with Gasteiger partial charge in [0.15, 0.2) is 0 Å². The minimum absolute atomic E-state index is 0.0895. The SMILES string of the molecule is CCOc1ccc(S(=O)(=O)N(CC(=O)NCCSCc2ccco2)c2ccccc2)cc1. The quantitative estimate of drug-likeness (QED) is 0.400. The summed E-state index contributed by atoms with van der Waals surface area (Å²) in [7, 11) is -3.95. The summed E-state index contributed by atoms with van der Waals surface area (Å²) in [4.78, 5) is 12.7. The van der Waals surface area contributed by atoms with Crippen molar-refractivity contribution in [2.75, 3.05) is 29.8 Å². The van der Waals surface area contributed by atoms with Gasteiger partial charge in [0.2, 0.25) is 5.91 Å². The molecule has 0 saturated heterocycles. The van der Waals surface area contributed by atoms with Crippen molar-refractivity contribution in [1.82, 2.24) is 5.32 Å². The Hall–Kier alpha value is -2.91. The van der Waals surface area contributed by atoms with Crippen LogP contribution in [0.25, 0.3) is 0 Å². The van der Waals surface area contributed by atoms with Crippen molar-refractivity contribution in [1.29, 1.82) is 0 Å². The van der Waals surface area contributed by atoms with E-state index in [9.17, 15) is 13.2 Å². The van der Waals surface area contributed by atoms with Gasteiger partial charge in [-0.05, 0) is 55.5 Å². The van der Waals surface area contributed by atoms with Crippen LogP contribution in [0, 0.1) is 0 Å². The number of para-hydroxylation sites is 1. The second kappa shape index (κ2) is 11.6. The van der Waals surface area contributed by atoms with Crippen LogP contribution in [0.1, 0.15) is 12.7 Å². The minimum Gasteiger partial charge on any atom is -0.494 e. The number of sulfonamides is 1. The number of carbonyl (C=O) groups excluding carboxylic acids is 1. The number of carbonyl (C=O) groups is 1. The molecular weight excluding hydrogens is 448 g/mol. The Morgan fingerprint density at radius 2 is 1.81 bits per heavy atom. The molecule has 0 radical (unpaired) electrons. The number of nitrogens with zero attached hydrogens (tertiary/aromatic N) is 1. The average molecular weight is 475 g/mol. The molecule has 0 bridgehead atoms. The zero-order valence-corrected chi connectivity index (χ0v) is 19.4. The number of ether oxygens (including phenoxy) is 1. The van der Waals surface area contributed by atoms with Crippen LogP contribution in [0.5, 0.6) is 5.75 Å². The number of benzene rings is 2. The predicted molar refractivity (Wildman–Crippen MR) is 126 cm³/mol. The molecular formula is C23H26N2O5S2. The Morgan fingerprint density at radius 3 is 2.47 bits per heavy atom. The van der Waals surface area contributed by atoms with E-state index in [1.807, 2.05) is 19.1 Å². The van der Waals surface area contributed by atoms with Gasteiger partial charge >= 0.3 is 0 Å². The van der Waals surface area contributed by atoms with Crippen LogP contribution in [0.15, 0.2) is 82.3 Å². The van der Waals surface area contributed by atoms with Crippen molar-refractivity contribution in [2.45, 2.75) is 17.6 Å². The monoisotopic (exact) mass is 474 g/mol. The molecule has 2 aromatic carbocycles. The lowest BCUT2D eigenvalue weighted by Crippen LogP contribution is -2.41. The number of anilines is 1. The van der Waals surface area contributed by atoms with E-state index in [-0.39, 0.29) is 17.3 Å². The fraction of sp³-hybridized carbons (Fsp3) is 0.261. The molecule has 0 fully saturated rings. The highest BCUT2D eigenvalue weighted by Gasteiger charge is 2.27. The Kier molecular flexibility index (Phi) is 8.64. The number of thioether (sulfide) groups is 1. The van der Waals surface area contributed by atoms with E-state index in [1.54, 1.807) is 60.5 Å². The van der Waals surface area contributed by atoms with E-state index in [0.717, 1.165) is 10.1 Å². The highest BCUT2D eigenvalue weighted by molar-refractivity contribution is 7.98. The topological polar surface area (TPSA) is 88.9 Å². The summed E-state index contributed by atoms with van der Waals surface area (Å²) in [5.74, 6) is 2.48. The fourth-order valence-electron chi connectivity index (χ4n) is 2.93. The summed E-state index contributed by atoms with van der Waals surface area (Å²) in [5.41, 5.74) is 0.420. The van der Waals surface area contributed by atoms with Gasteiger partial charge in [-0.3, -0.25) is 9.10 Å². The molecule has 0 unspecified atom stereocenters. The van der Waals surface area contributed by atoms with Gasteiger partial charge in [0.05, 0.1) is 29.2 Å². The molecule has 3 rings (SSSR count). The van der Waals surface area contributed by atoms with E-state index in [0.29, 0.717) is 36.1 Å². The molecule has 1 aromatic heterocycles. The maximum absolute atomic E-state index is 13.3. The molecule has 170 valence electrons. The van der Waals surface area contributed by atoms with E-state index in [2.05, 4.69) is 5.32 Å². The lowest BCUT2D eigenvalue weighted by atomic mass is 10.3. The summed E-state index contributed by atoms with van der Waals surface area (Å²) in [6, 6.07) is 18.5. The Bertz CT molecular complexity index is 1070. The lowest BCUT2D eigenvalue weighted by molar-refractivity contribution is -0.119. The second-order valence-electron chi connectivity index (χ2n) is 6.73.